The standard InChI is InChI=1S/C16H11ClFNO4/c17-11-3-1-10(2-4-11)16(7-8-16)15(20)23-14-9-12(18)5-6-13(14)19(21)22/h1-6,9H,7-8H2. The third kappa shape index (κ3) is 2.90. The van der Waals surface area contributed by atoms with E-state index in [1.54, 1.807) is 24.3 Å². The lowest BCUT2D eigenvalue weighted by atomic mass is 9.96. The van der Waals surface area contributed by atoms with E-state index in [-0.39, 0.29) is 5.75 Å². The summed E-state index contributed by atoms with van der Waals surface area (Å²) in [5, 5.41) is 11.5. The van der Waals surface area contributed by atoms with E-state index in [9.17, 15) is 19.3 Å². The van der Waals surface area contributed by atoms with E-state index in [4.69, 9.17) is 16.3 Å². The molecule has 2 aromatic rings. The second-order valence-corrected chi connectivity index (χ2v) is 5.78. The molecule has 0 aromatic heterocycles. The van der Waals surface area contributed by atoms with Crippen LogP contribution < -0.4 is 4.74 Å². The number of rotatable bonds is 4. The van der Waals surface area contributed by atoms with Crippen molar-refractivity contribution in [3.05, 3.63) is 69.0 Å². The number of hydrogen-bond donors (Lipinski definition) is 0. The highest BCUT2D eigenvalue weighted by Gasteiger charge is 2.53. The molecule has 0 saturated heterocycles. The lowest BCUT2D eigenvalue weighted by Gasteiger charge is -2.14. The monoisotopic (exact) mass is 335 g/mol. The number of nitro benzene ring substituents is 1. The first-order valence-electron chi connectivity index (χ1n) is 6.85. The summed E-state index contributed by atoms with van der Waals surface area (Å²) in [4.78, 5) is 22.7. The minimum atomic E-state index is -0.842. The van der Waals surface area contributed by atoms with Crippen LogP contribution in [0.1, 0.15) is 18.4 Å². The van der Waals surface area contributed by atoms with Gasteiger partial charge in [0.1, 0.15) is 5.82 Å². The predicted octanol–water partition coefficient (Wildman–Crippen LogP) is 4.02. The Morgan fingerprint density at radius 3 is 2.43 bits per heavy atom. The summed E-state index contributed by atoms with van der Waals surface area (Å²) in [6.45, 7) is 0. The van der Waals surface area contributed by atoms with Crippen molar-refractivity contribution in [2.75, 3.05) is 0 Å². The third-order valence-electron chi connectivity index (χ3n) is 3.86. The molecule has 1 aliphatic rings. The third-order valence-corrected chi connectivity index (χ3v) is 4.11. The van der Waals surface area contributed by atoms with Gasteiger partial charge < -0.3 is 4.74 Å². The van der Waals surface area contributed by atoms with E-state index >= 15 is 0 Å². The molecule has 0 unspecified atom stereocenters. The average molecular weight is 336 g/mol. The van der Waals surface area contributed by atoms with Crippen LogP contribution in [0, 0.1) is 15.9 Å². The van der Waals surface area contributed by atoms with Gasteiger partial charge in [-0.3, -0.25) is 14.9 Å². The van der Waals surface area contributed by atoms with Crippen molar-refractivity contribution in [2.24, 2.45) is 0 Å². The van der Waals surface area contributed by atoms with Crippen molar-refractivity contribution >= 4 is 23.3 Å². The molecule has 0 N–H and O–H groups in total. The molecular formula is C16H11ClFNO4. The minimum absolute atomic E-state index is 0.389. The number of benzene rings is 2. The quantitative estimate of drug-likeness (QED) is 0.366. The minimum Gasteiger partial charge on any atom is -0.418 e. The lowest BCUT2D eigenvalue weighted by Crippen LogP contribution is -2.26. The van der Waals surface area contributed by atoms with Crippen LogP contribution in [0.2, 0.25) is 5.02 Å². The average Bonchev–Trinajstić information content (AvgIpc) is 3.29. The van der Waals surface area contributed by atoms with Gasteiger partial charge in [0, 0.05) is 17.2 Å². The highest BCUT2D eigenvalue weighted by atomic mass is 35.5. The largest absolute Gasteiger partial charge is 0.418 e. The van der Waals surface area contributed by atoms with Crippen LogP contribution in [0.4, 0.5) is 10.1 Å². The molecular weight excluding hydrogens is 325 g/mol. The van der Waals surface area contributed by atoms with Gasteiger partial charge in [-0.1, -0.05) is 23.7 Å². The normalized spacial score (nSPS) is 15.0. The van der Waals surface area contributed by atoms with Gasteiger partial charge in [0.15, 0.2) is 0 Å². The van der Waals surface area contributed by atoms with Crippen LogP contribution in [0.3, 0.4) is 0 Å². The fourth-order valence-electron chi connectivity index (χ4n) is 2.42. The van der Waals surface area contributed by atoms with Crippen LogP contribution in [0.15, 0.2) is 42.5 Å². The summed E-state index contributed by atoms with van der Waals surface area (Å²) in [6.07, 6.45) is 1.13. The second kappa shape index (κ2) is 5.62. The maximum atomic E-state index is 13.3. The van der Waals surface area contributed by atoms with Gasteiger partial charge in [-0.05, 0) is 36.6 Å². The fourth-order valence-corrected chi connectivity index (χ4v) is 2.55. The van der Waals surface area contributed by atoms with Crippen LogP contribution >= 0.6 is 11.6 Å². The zero-order valence-corrected chi connectivity index (χ0v) is 12.5. The summed E-state index contributed by atoms with van der Waals surface area (Å²) in [6, 6.07) is 9.52. The SMILES string of the molecule is O=C(Oc1cc(F)ccc1[N+](=O)[O-])C1(c2ccc(Cl)cc2)CC1. The molecule has 118 valence electrons. The Morgan fingerprint density at radius 2 is 1.87 bits per heavy atom. The van der Waals surface area contributed by atoms with Crippen molar-refractivity contribution in [2.45, 2.75) is 18.3 Å². The van der Waals surface area contributed by atoms with Crippen molar-refractivity contribution in [3.8, 4) is 5.75 Å². The zero-order valence-electron chi connectivity index (χ0n) is 11.8. The van der Waals surface area contributed by atoms with Gasteiger partial charge in [-0.15, -0.1) is 0 Å². The highest BCUT2D eigenvalue weighted by molar-refractivity contribution is 6.30. The molecule has 1 aliphatic carbocycles. The maximum absolute atomic E-state index is 13.3. The Balaban J connectivity index is 1.89. The van der Waals surface area contributed by atoms with Crippen molar-refractivity contribution in [3.63, 3.8) is 0 Å². The summed E-state index contributed by atoms with van der Waals surface area (Å²) < 4.78 is 18.5. The molecule has 7 heteroatoms. The number of ether oxygens (including phenoxy) is 1. The summed E-state index contributed by atoms with van der Waals surface area (Å²) in [5.41, 5.74) is -0.567. The van der Waals surface area contributed by atoms with Gasteiger partial charge >= 0.3 is 11.7 Å². The molecule has 0 radical (unpaired) electrons. The lowest BCUT2D eigenvalue weighted by molar-refractivity contribution is -0.385. The van der Waals surface area contributed by atoms with Crippen LogP contribution in [0.25, 0.3) is 0 Å². The van der Waals surface area contributed by atoms with Gasteiger partial charge in [0.25, 0.3) is 0 Å². The Morgan fingerprint density at radius 1 is 1.22 bits per heavy atom. The van der Waals surface area contributed by atoms with Crippen molar-refractivity contribution in [1.82, 2.24) is 0 Å². The Bertz CT molecular complexity index is 787. The topological polar surface area (TPSA) is 69.4 Å². The number of halogens is 2. The molecule has 3 rings (SSSR count). The number of carbonyl (C=O) groups is 1. The maximum Gasteiger partial charge on any atom is 0.322 e. The van der Waals surface area contributed by atoms with Gasteiger partial charge in [0.05, 0.1) is 10.3 Å². The number of nitro groups is 1. The molecule has 0 aliphatic heterocycles. The smallest absolute Gasteiger partial charge is 0.322 e. The van der Waals surface area contributed by atoms with E-state index in [1.165, 1.54) is 0 Å². The number of carbonyl (C=O) groups excluding carboxylic acids is 1. The van der Waals surface area contributed by atoms with E-state index < -0.39 is 27.8 Å². The Labute approximate surface area is 135 Å². The van der Waals surface area contributed by atoms with Crippen molar-refractivity contribution < 1.29 is 18.8 Å². The molecule has 0 atom stereocenters. The molecule has 0 bridgehead atoms. The zero-order chi connectivity index (χ0) is 16.6. The van der Waals surface area contributed by atoms with E-state index in [2.05, 4.69) is 0 Å². The summed E-state index contributed by atoms with van der Waals surface area (Å²) in [7, 11) is 0. The summed E-state index contributed by atoms with van der Waals surface area (Å²) in [5.74, 6) is -1.73. The highest BCUT2D eigenvalue weighted by Crippen LogP contribution is 2.49. The molecule has 1 saturated carbocycles. The van der Waals surface area contributed by atoms with Gasteiger partial charge in [-0.2, -0.15) is 0 Å². The van der Waals surface area contributed by atoms with E-state index in [0.29, 0.717) is 17.9 Å². The van der Waals surface area contributed by atoms with Crippen LogP contribution in [-0.2, 0) is 10.2 Å². The first kappa shape index (κ1) is 15.4. The molecule has 23 heavy (non-hydrogen) atoms. The van der Waals surface area contributed by atoms with Crippen molar-refractivity contribution in [1.29, 1.82) is 0 Å². The Kier molecular flexibility index (Phi) is 3.77. The van der Waals surface area contributed by atoms with Gasteiger partial charge in [0.2, 0.25) is 5.75 Å². The van der Waals surface area contributed by atoms with Gasteiger partial charge in [-0.25, -0.2) is 4.39 Å². The molecule has 0 heterocycles. The molecule has 0 amide bonds. The molecule has 5 nitrogen and oxygen atoms in total. The first-order chi connectivity index (χ1) is 10.9. The van der Waals surface area contributed by atoms with Crippen LogP contribution in [0.5, 0.6) is 5.75 Å². The Hall–Kier alpha value is -2.47. The predicted molar refractivity (Wildman–Crippen MR) is 81.1 cm³/mol. The molecule has 2 aromatic carbocycles. The van der Waals surface area contributed by atoms with Crippen LogP contribution in [-0.4, -0.2) is 10.9 Å². The number of hydrogen-bond acceptors (Lipinski definition) is 4. The first-order valence-corrected chi connectivity index (χ1v) is 7.22. The number of esters is 1. The fraction of sp³-hybridized carbons (Fsp3) is 0.188. The molecule has 1 fully saturated rings. The summed E-state index contributed by atoms with van der Waals surface area (Å²) >= 11 is 5.83. The molecule has 0 spiro atoms. The van der Waals surface area contributed by atoms with E-state index in [0.717, 1.165) is 23.8 Å². The number of nitrogens with zero attached hydrogens (tertiary/aromatic N) is 1. The van der Waals surface area contributed by atoms with E-state index in [1.807, 2.05) is 0 Å². The second-order valence-electron chi connectivity index (χ2n) is 5.35.